The molecular weight excluding hydrogens is 354 g/mol. The first-order chi connectivity index (χ1) is 12.7. The molecule has 0 fully saturated rings. The minimum Gasteiger partial charge on any atom is -0.282 e. The summed E-state index contributed by atoms with van der Waals surface area (Å²) in [4.78, 5) is 13.8. The highest BCUT2D eigenvalue weighted by atomic mass is 32.1. The highest BCUT2D eigenvalue weighted by Gasteiger charge is 2.17. The summed E-state index contributed by atoms with van der Waals surface area (Å²) in [6.07, 6.45) is 2.99. The number of hydrogen-bond acceptors (Lipinski definition) is 4. The lowest BCUT2D eigenvalue weighted by atomic mass is 10.1. The lowest BCUT2D eigenvalue weighted by molar-refractivity contribution is 0.510. The average molecular weight is 364 g/mol. The minimum atomic E-state index is -0.920. The predicted molar refractivity (Wildman–Crippen MR) is 97.4 cm³/mol. The SMILES string of the molecule is Fc1cc2ncn(-c3ncnc4scc(-c5ccccc5)c34)c2cc1F. The summed E-state index contributed by atoms with van der Waals surface area (Å²) in [7, 11) is 0. The van der Waals surface area contributed by atoms with Gasteiger partial charge in [-0.3, -0.25) is 4.57 Å². The smallest absolute Gasteiger partial charge is 0.161 e. The van der Waals surface area contributed by atoms with Gasteiger partial charge in [-0.25, -0.2) is 23.7 Å². The second kappa shape index (κ2) is 5.67. The van der Waals surface area contributed by atoms with E-state index >= 15 is 0 Å². The van der Waals surface area contributed by atoms with Crippen LogP contribution in [-0.2, 0) is 0 Å². The summed E-state index contributed by atoms with van der Waals surface area (Å²) in [5.74, 6) is -1.25. The van der Waals surface area contributed by atoms with Crippen LogP contribution in [0.15, 0.2) is 60.5 Å². The number of nitrogens with zero attached hydrogens (tertiary/aromatic N) is 4. The highest BCUT2D eigenvalue weighted by molar-refractivity contribution is 7.17. The van der Waals surface area contributed by atoms with E-state index in [0.29, 0.717) is 16.9 Å². The molecule has 3 aromatic heterocycles. The number of rotatable bonds is 2. The Morgan fingerprint density at radius 3 is 2.58 bits per heavy atom. The molecule has 2 aromatic carbocycles. The zero-order valence-electron chi connectivity index (χ0n) is 13.2. The topological polar surface area (TPSA) is 43.6 Å². The van der Waals surface area contributed by atoms with Crippen LogP contribution >= 0.6 is 11.3 Å². The molecule has 0 aliphatic carbocycles. The largest absolute Gasteiger partial charge is 0.282 e. The van der Waals surface area contributed by atoms with E-state index < -0.39 is 11.6 Å². The van der Waals surface area contributed by atoms with Gasteiger partial charge in [-0.05, 0) is 5.56 Å². The molecule has 4 nitrogen and oxygen atoms in total. The number of benzene rings is 2. The summed E-state index contributed by atoms with van der Waals surface area (Å²) in [5.41, 5.74) is 2.85. The van der Waals surface area contributed by atoms with E-state index in [2.05, 4.69) is 15.0 Å². The molecule has 7 heteroatoms. The van der Waals surface area contributed by atoms with Gasteiger partial charge in [0.05, 0.1) is 16.4 Å². The molecule has 0 atom stereocenters. The molecule has 0 bridgehead atoms. The molecule has 126 valence electrons. The van der Waals surface area contributed by atoms with Crippen molar-refractivity contribution in [2.45, 2.75) is 0 Å². The Kier molecular flexibility index (Phi) is 3.29. The van der Waals surface area contributed by atoms with E-state index in [9.17, 15) is 8.78 Å². The maximum Gasteiger partial charge on any atom is 0.161 e. The molecular formula is C19H10F2N4S. The first-order valence-corrected chi connectivity index (χ1v) is 8.70. The number of fused-ring (bicyclic) bond motifs is 2. The van der Waals surface area contributed by atoms with Gasteiger partial charge in [0.2, 0.25) is 0 Å². The predicted octanol–water partition coefficient (Wildman–Crippen LogP) is 4.98. The Bertz CT molecular complexity index is 1260. The van der Waals surface area contributed by atoms with Crippen LogP contribution in [0.25, 0.3) is 38.2 Å². The third-order valence-corrected chi connectivity index (χ3v) is 5.14. The quantitative estimate of drug-likeness (QED) is 0.444. The first-order valence-electron chi connectivity index (χ1n) is 7.82. The molecule has 0 N–H and O–H groups in total. The molecule has 0 aliphatic heterocycles. The van der Waals surface area contributed by atoms with Gasteiger partial charge in [0, 0.05) is 23.1 Å². The zero-order valence-corrected chi connectivity index (χ0v) is 14.0. The first kappa shape index (κ1) is 15.1. The van der Waals surface area contributed by atoms with Crippen LogP contribution in [-0.4, -0.2) is 19.5 Å². The summed E-state index contributed by atoms with van der Waals surface area (Å²) in [5, 5.41) is 2.88. The van der Waals surface area contributed by atoms with Crippen molar-refractivity contribution in [3.8, 4) is 16.9 Å². The van der Waals surface area contributed by atoms with Gasteiger partial charge in [0.1, 0.15) is 17.5 Å². The summed E-state index contributed by atoms with van der Waals surface area (Å²) in [6, 6.07) is 12.1. The monoisotopic (exact) mass is 364 g/mol. The zero-order chi connectivity index (χ0) is 17.7. The van der Waals surface area contributed by atoms with Crippen molar-refractivity contribution < 1.29 is 8.78 Å². The molecule has 5 rings (SSSR count). The fourth-order valence-electron chi connectivity index (χ4n) is 3.05. The van der Waals surface area contributed by atoms with Gasteiger partial charge in [-0.15, -0.1) is 11.3 Å². The van der Waals surface area contributed by atoms with Crippen LogP contribution < -0.4 is 0 Å². The van der Waals surface area contributed by atoms with E-state index in [1.165, 1.54) is 24.0 Å². The fraction of sp³-hybridized carbons (Fsp3) is 0. The second-order valence-corrected chi connectivity index (χ2v) is 6.62. The normalized spacial score (nSPS) is 11.5. The Balaban J connectivity index is 1.83. The van der Waals surface area contributed by atoms with Crippen molar-refractivity contribution in [2.75, 3.05) is 0 Å². The molecule has 0 aliphatic rings. The van der Waals surface area contributed by atoms with E-state index in [-0.39, 0.29) is 0 Å². The summed E-state index contributed by atoms with van der Waals surface area (Å²) in [6.45, 7) is 0. The van der Waals surface area contributed by atoms with E-state index in [1.54, 1.807) is 4.57 Å². The van der Waals surface area contributed by atoms with Crippen molar-refractivity contribution in [3.63, 3.8) is 0 Å². The molecule has 0 amide bonds. The van der Waals surface area contributed by atoms with E-state index in [1.807, 2.05) is 35.7 Å². The maximum absolute atomic E-state index is 13.8. The number of thiophene rings is 1. The van der Waals surface area contributed by atoms with E-state index in [4.69, 9.17) is 0 Å². The Hall–Kier alpha value is -3.19. The van der Waals surface area contributed by atoms with Crippen molar-refractivity contribution >= 4 is 32.6 Å². The van der Waals surface area contributed by atoms with Crippen molar-refractivity contribution in [2.24, 2.45) is 0 Å². The van der Waals surface area contributed by atoms with Crippen molar-refractivity contribution in [1.82, 2.24) is 19.5 Å². The molecule has 0 radical (unpaired) electrons. The molecule has 0 unspecified atom stereocenters. The number of imidazole rings is 1. The van der Waals surface area contributed by atoms with Gasteiger partial charge in [0.25, 0.3) is 0 Å². The van der Waals surface area contributed by atoms with Crippen LogP contribution in [0, 0.1) is 11.6 Å². The Morgan fingerprint density at radius 1 is 0.923 bits per heavy atom. The van der Waals surface area contributed by atoms with Crippen molar-refractivity contribution in [1.29, 1.82) is 0 Å². The number of halogens is 2. The van der Waals surface area contributed by atoms with Gasteiger partial charge in [-0.1, -0.05) is 30.3 Å². The average Bonchev–Trinajstić information content (AvgIpc) is 3.27. The van der Waals surface area contributed by atoms with Crippen LogP contribution in [0.3, 0.4) is 0 Å². The Labute approximate surface area is 150 Å². The van der Waals surface area contributed by atoms with Crippen LogP contribution in [0.2, 0.25) is 0 Å². The molecule has 26 heavy (non-hydrogen) atoms. The number of aromatic nitrogens is 4. The fourth-order valence-corrected chi connectivity index (χ4v) is 3.96. The molecule has 0 saturated heterocycles. The van der Waals surface area contributed by atoms with Gasteiger partial charge in [0.15, 0.2) is 17.5 Å². The molecule has 5 aromatic rings. The minimum absolute atomic E-state index is 0.368. The molecule has 3 heterocycles. The van der Waals surface area contributed by atoms with Crippen molar-refractivity contribution in [3.05, 3.63) is 72.1 Å². The number of hydrogen-bond donors (Lipinski definition) is 0. The lowest BCUT2D eigenvalue weighted by Crippen LogP contribution is -1.98. The van der Waals surface area contributed by atoms with Gasteiger partial charge < -0.3 is 0 Å². The summed E-state index contributed by atoms with van der Waals surface area (Å²) >= 11 is 1.51. The Morgan fingerprint density at radius 2 is 1.73 bits per heavy atom. The maximum atomic E-state index is 13.8. The van der Waals surface area contributed by atoms with Gasteiger partial charge >= 0.3 is 0 Å². The third-order valence-electron chi connectivity index (χ3n) is 4.25. The van der Waals surface area contributed by atoms with Crippen LogP contribution in [0.1, 0.15) is 0 Å². The lowest BCUT2D eigenvalue weighted by Gasteiger charge is -2.07. The highest BCUT2D eigenvalue weighted by Crippen LogP contribution is 2.36. The standard InChI is InChI=1S/C19H10F2N4S/c20-13-6-15-16(7-14(13)21)25(10-24-15)18-17-12(11-4-2-1-3-5-11)8-26-19(17)23-9-22-18/h1-10H. The van der Waals surface area contributed by atoms with Crippen LogP contribution in [0.4, 0.5) is 8.78 Å². The van der Waals surface area contributed by atoms with Gasteiger partial charge in [-0.2, -0.15) is 0 Å². The van der Waals surface area contributed by atoms with E-state index in [0.717, 1.165) is 33.5 Å². The molecule has 0 saturated carbocycles. The second-order valence-electron chi connectivity index (χ2n) is 5.76. The van der Waals surface area contributed by atoms with Crippen LogP contribution in [0.5, 0.6) is 0 Å². The summed E-state index contributed by atoms with van der Waals surface area (Å²) < 4.78 is 28.9. The molecule has 0 spiro atoms. The third kappa shape index (κ3) is 2.21.